The lowest BCUT2D eigenvalue weighted by Gasteiger charge is -2.10. The summed E-state index contributed by atoms with van der Waals surface area (Å²) in [4.78, 5) is 10.4. The van der Waals surface area contributed by atoms with Crippen molar-refractivity contribution >= 4 is 27.3 Å². The first kappa shape index (κ1) is 14.6. The maximum atomic E-state index is 4.65. The van der Waals surface area contributed by atoms with Gasteiger partial charge in [0.1, 0.15) is 0 Å². The fraction of sp³-hybridized carbons (Fsp3) is 0.429. The zero-order valence-electron chi connectivity index (χ0n) is 11.5. The van der Waals surface area contributed by atoms with E-state index in [1.54, 1.807) is 11.3 Å². The second-order valence-electron chi connectivity index (χ2n) is 4.53. The first-order valence-electron chi connectivity index (χ1n) is 6.35. The van der Waals surface area contributed by atoms with Crippen LogP contribution in [0.5, 0.6) is 0 Å². The zero-order valence-corrected chi connectivity index (χ0v) is 13.9. The van der Waals surface area contributed by atoms with E-state index in [1.807, 2.05) is 7.05 Å². The van der Waals surface area contributed by atoms with Gasteiger partial charge < -0.3 is 5.32 Å². The van der Waals surface area contributed by atoms with Crippen molar-refractivity contribution in [2.45, 2.75) is 26.7 Å². The van der Waals surface area contributed by atoms with Crippen molar-refractivity contribution in [3.63, 3.8) is 0 Å². The number of hydrogen-bond acceptors (Lipinski definition) is 4. The Morgan fingerprint density at radius 1 is 1.26 bits per heavy atom. The summed E-state index contributed by atoms with van der Waals surface area (Å²) in [7, 11) is 1.98. The number of thiophene rings is 1. The fourth-order valence-electron chi connectivity index (χ4n) is 2.08. The quantitative estimate of drug-likeness (QED) is 0.843. The van der Waals surface area contributed by atoms with Gasteiger partial charge in [-0.25, -0.2) is 9.97 Å². The lowest BCUT2D eigenvalue weighted by molar-refractivity contribution is 0.715. The average Bonchev–Trinajstić information content (AvgIpc) is 2.79. The Balaban J connectivity index is 2.26. The molecule has 0 aliphatic carbocycles. The molecule has 0 radical (unpaired) electrons. The minimum atomic E-state index is 0.836. The zero-order chi connectivity index (χ0) is 13.8. The molecule has 0 fully saturated rings. The molecule has 2 rings (SSSR count). The molecule has 3 nitrogen and oxygen atoms in total. The van der Waals surface area contributed by atoms with Crippen LogP contribution in [0, 0.1) is 13.8 Å². The average molecular weight is 340 g/mol. The Morgan fingerprint density at radius 3 is 2.47 bits per heavy atom. The van der Waals surface area contributed by atoms with E-state index in [9.17, 15) is 0 Å². The minimum absolute atomic E-state index is 0.836. The number of hydrogen-bond donors (Lipinski definition) is 1. The third-order valence-electron chi connectivity index (χ3n) is 3.06. The largest absolute Gasteiger partial charge is 0.320 e. The number of aryl methyl sites for hydroxylation is 2. The molecule has 0 aliphatic rings. The predicted molar refractivity (Wildman–Crippen MR) is 84.8 cm³/mol. The summed E-state index contributed by atoms with van der Waals surface area (Å²) < 4.78 is 1.09. The normalized spacial score (nSPS) is 10.9. The summed E-state index contributed by atoms with van der Waals surface area (Å²) in [6.45, 7) is 5.18. The molecule has 19 heavy (non-hydrogen) atoms. The standard InChI is InChI=1S/C14H18BrN3S/c1-9-12(5-4-6-16-3)10(2)18-14(17-9)13-7-11(15)8-19-13/h7-8,16H,4-6H2,1-3H3. The molecule has 0 saturated carbocycles. The van der Waals surface area contributed by atoms with Crippen LogP contribution in [0.25, 0.3) is 10.7 Å². The highest BCUT2D eigenvalue weighted by Gasteiger charge is 2.11. The Kier molecular flexibility index (Phi) is 5.07. The van der Waals surface area contributed by atoms with Crippen molar-refractivity contribution in [2.75, 3.05) is 13.6 Å². The van der Waals surface area contributed by atoms with Gasteiger partial charge in [0.15, 0.2) is 5.82 Å². The Hall–Kier alpha value is -0.780. The molecule has 0 bridgehead atoms. The Morgan fingerprint density at radius 2 is 1.95 bits per heavy atom. The van der Waals surface area contributed by atoms with Crippen LogP contribution in [-0.2, 0) is 6.42 Å². The summed E-state index contributed by atoms with van der Waals surface area (Å²) >= 11 is 5.14. The van der Waals surface area contributed by atoms with Crippen molar-refractivity contribution in [3.8, 4) is 10.7 Å². The van der Waals surface area contributed by atoms with Crippen molar-refractivity contribution in [2.24, 2.45) is 0 Å². The molecule has 0 aromatic carbocycles. The van der Waals surface area contributed by atoms with Crippen molar-refractivity contribution < 1.29 is 0 Å². The van der Waals surface area contributed by atoms with Gasteiger partial charge in [0, 0.05) is 21.2 Å². The SMILES string of the molecule is CNCCCc1c(C)nc(-c2cc(Br)cs2)nc1C. The topological polar surface area (TPSA) is 37.8 Å². The van der Waals surface area contributed by atoms with Crippen molar-refractivity contribution in [3.05, 3.63) is 32.9 Å². The van der Waals surface area contributed by atoms with Gasteiger partial charge in [-0.2, -0.15) is 0 Å². The van der Waals surface area contributed by atoms with Crippen LogP contribution in [-0.4, -0.2) is 23.6 Å². The summed E-state index contributed by atoms with van der Waals surface area (Å²) in [5, 5.41) is 5.23. The molecule has 0 saturated heterocycles. The third-order valence-corrected chi connectivity index (χ3v) is 4.75. The van der Waals surface area contributed by atoms with Gasteiger partial charge in [0.2, 0.25) is 0 Å². The summed E-state index contributed by atoms with van der Waals surface area (Å²) in [6.07, 6.45) is 2.15. The van der Waals surface area contributed by atoms with Crippen molar-refractivity contribution in [1.29, 1.82) is 0 Å². The second kappa shape index (κ2) is 6.59. The third kappa shape index (κ3) is 3.61. The summed E-state index contributed by atoms with van der Waals surface area (Å²) in [5.41, 5.74) is 3.49. The van der Waals surface area contributed by atoms with Crippen LogP contribution in [0.1, 0.15) is 23.4 Å². The van der Waals surface area contributed by atoms with Gasteiger partial charge >= 0.3 is 0 Å². The van der Waals surface area contributed by atoms with Gasteiger partial charge in [-0.3, -0.25) is 0 Å². The van der Waals surface area contributed by atoms with E-state index in [0.29, 0.717) is 0 Å². The van der Waals surface area contributed by atoms with E-state index >= 15 is 0 Å². The monoisotopic (exact) mass is 339 g/mol. The first-order valence-corrected chi connectivity index (χ1v) is 8.02. The fourth-order valence-corrected chi connectivity index (χ4v) is 3.44. The van der Waals surface area contributed by atoms with Gasteiger partial charge in [-0.15, -0.1) is 11.3 Å². The molecule has 5 heteroatoms. The number of nitrogens with one attached hydrogen (secondary N) is 1. The van der Waals surface area contributed by atoms with E-state index in [-0.39, 0.29) is 0 Å². The van der Waals surface area contributed by atoms with Crippen LogP contribution < -0.4 is 5.32 Å². The number of rotatable bonds is 5. The van der Waals surface area contributed by atoms with Gasteiger partial charge in [-0.1, -0.05) is 0 Å². The van der Waals surface area contributed by atoms with Crippen LogP contribution in [0.2, 0.25) is 0 Å². The van der Waals surface area contributed by atoms with E-state index in [4.69, 9.17) is 0 Å². The maximum Gasteiger partial charge on any atom is 0.169 e. The molecule has 2 heterocycles. The number of halogens is 1. The predicted octanol–water partition coefficient (Wildman–Crippen LogP) is 3.74. The van der Waals surface area contributed by atoms with Crippen LogP contribution >= 0.6 is 27.3 Å². The van der Waals surface area contributed by atoms with Gasteiger partial charge in [0.25, 0.3) is 0 Å². The first-order chi connectivity index (χ1) is 9.11. The lowest BCUT2D eigenvalue weighted by Crippen LogP contribution is -2.10. The van der Waals surface area contributed by atoms with Gasteiger partial charge in [0.05, 0.1) is 4.88 Å². The summed E-state index contributed by atoms with van der Waals surface area (Å²) in [5.74, 6) is 0.836. The van der Waals surface area contributed by atoms with Crippen LogP contribution in [0.3, 0.4) is 0 Å². The highest BCUT2D eigenvalue weighted by Crippen LogP contribution is 2.28. The molecular weight excluding hydrogens is 322 g/mol. The molecule has 0 aliphatic heterocycles. The van der Waals surface area contributed by atoms with Crippen LogP contribution in [0.4, 0.5) is 0 Å². The number of aromatic nitrogens is 2. The molecule has 2 aromatic rings. The molecule has 0 spiro atoms. The number of nitrogens with zero attached hydrogens (tertiary/aromatic N) is 2. The maximum absolute atomic E-state index is 4.65. The van der Waals surface area contributed by atoms with Gasteiger partial charge in [-0.05, 0) is 67.8 Å². The van der Waals surface area contributed by atoms with Crippen LogP contribution in [0.15, 0.2) is 15.9 Å². The molecule has 2 aromatic heterocycles. The lowest BCUT2D eigenvalue weighted by atomic mass is 10.1. The molecule has 0 unspecified atom stereocenters. The molecular formula is C14H18BrN3S. The highest BCUT2D eigenvalue weighted by atomic mass is 79.9. The molecule has 1 N–H and O–H groups in total. The van der Waals surface area contributed by atoms with Crippen molar-refractivity contribution in [1.82, 2.24) is 15.3 Å². The minimum Gasteiger partial charge on any atom is -0.320 e. The van der Waals surface area contributed by atoms with E-state index in [0.717, 1.165) is 45.9 Å². The van der Waals surface area contributed by atoms with E-state index in [1.165, 1.54) is 5.56 Å². The smallest absolute Gasteiger partial charge is 0.169 e. The second-order valence-corrected chi connectivity index (χ2v) is 6.36. The Labute approximate surface area is 126 Å². The van der Waals surface area contributed by atoms with E-state index < -0.39 is 0 Å². The molecule has 0 amide bonds. The Bertz CT molecular complexity index is 543. The molecule has 0 atom stereocenters. The summed E-state index contributed by atoms with van der Waals surface area (Å²) in [6, 6.07) is 2.07. The van der Waals surface area contributed by atoms with E-state index in [2.05, 4.69) is 56.5 Å². The highest BCUT2D eigenvalue weighted by molar-refractivity contribution is 9.10. The molecule has 102 valence electrons.